The van der Waals surface area contributed by atoms with Gasteiger partial charge < -0.3 is 0 Å². The lowest BCUT2D eigenvalue weighted by molar-refractivity contribution is 0.107. The Hall–Kier alpha value is -1.38. The standard InChI is InChI=1S/C12H7Cl2NO/c13-10-6-11(12(14)16)15-7-9(10)8-4-2-1-3-5-8/h1-7H. The summed E-state index contributed by atoms with van der Waals surface area (Å²) in [5.74, 6) is 0. The van der Waals surface area contributed by atoms with Crippen LogP contribution in [0.3, 0.4) is 0 Å². The molecule has 0 unspecified atom stereocenters. The van der Waals surface area contributed by atoms with Crippen molar-refractivity contribution in [3.8, 4) is 11.1 Å². The molecule has 2 nitrogen and oxygen atoms in total. The average molecular weight is 252 g/mol. The Kier molecular flexibility index (Phi) is 3.22. The summed E-state index contributed by atoms with van der Waals surface area (Å²) in [5.41, 5.74) is 1.89. The van der Waals surface area contributed by atoms with E-state index in [4.69, 9.17) is 23.2 Å². The van der Waals surface area contributed by atoms with Gasteiger partial charge in [0.05, 0.1) is 5.02 Å². The van der Waals surface area contributed by atoms with Gasteiger partial charge in [-0.25, -0.2) is 0 Å². The Balaban J connectivity index is 2.48. The van der Waals surface area contributed by atoms with Crippen molar-refractivity contribution < 1.29 is 4.79 Å². The zero-order valence-electron chi connectivity index (χ0n) is 8.15. The van der Waals surface area contributed by atoms with Gasteiger partial charge in [0.1, 0.15) is 5.69 Å². The lowest BCUT2D eigenvalue weighted by Crippen LogP contribution is -1.94. The molecule has 0 atom stereocenters. The minimum Gasteiger partial charge on any atom is -0.274 e. The minimum absolute atomic E-state index is 0.159. The topological polar surface area (TPSA) is 30.0 Å². The molecule has 1 aromatic carbocycles. The molecule has 0 aliphatic rings. The molecule has 0 aliphatic heterocycles. The Morgan fingerprint density at radius 3 is 2.44 bits per heavy atom. The number of nitrogens with zero attached hydrogens (tertiary/aromatic N) is 1. The van der Waals surface area contributed by atoms with Crippen molar-refractivity contribution in [1.82, 2.24) is 4.98 Å². The number of hydrogen-bond donors (Lipinski definition) is 0. The Labute approximate surface area is 103 Å². The molecule has 2 aromatic rings. The van der Waals surface area contributed by atoms with E-state index in [1.165, 1.54) is 6.07 Å². The van der Waals surface area contributed by atoms with Crippen molar-refractivity contribution >= 4 is 28.4 Å². The summed E-state index contributed by atoms with van der Waals surface area (Å²) < 4.78 is 0. The predicted molar refractivity (Wildman–Crippen MR) is 64.9 cm³/mol. The Bertz CT molecular complexity index is 526. The van der Waals surface area contributed by atoms with Crippen LogP contribution in [0.25, 0.3) is 11.1 Å². The molecule has 0 spiro atoms. The van der Waals surface area contributed by atoms with Crippen molar-refractivity contribution in [3.63, 3.8) is 0 Å². The van der Waals surface area contributed by atoms with Crippen LogP contribution in [0.4, 0.5) is 0 Å². The van der Waals surface area contributed by atoms with E-state index in [9.17, 15) is 4.79 Å². The van der Waals surface area contributed by atoms with Gasteiger partial charge in [-0.05, 0) is 23.2 Å². The molecule has 80 valence electrons. The first-order chi connectivity index (χ1) is 7.68. The largest absolute Gasteiger partial charge is 0.274 e. The van der Waals surface area contributed by atoms with E-state index in [1.807, 2.05) is 30.3 Å². The van der Waals surface area contributed by atoms with Crippen LogP contribution in [0, 0.1) is 0 Å². The molecule has 16 heavy (non-hydrogen) atoms. The molecule has 0 saturated heterocycles. The maximum atomic E-state index is 10.9. The van der Waals surface area contributed by atoms with E-state index in [0.717, 1.165) is 11.1 Å². The second kappa shape index (κ2) is 4.64. The van der Waals surface area contributed by atoms with Crippen LogP contribution in [0.15, 0.2) is 42.6 Å². The molecule has 0 amide bonds. The minimum atomic E-state index is -0.610. The smallest absolute Gasteiger partial charge is 0.270 e. The zero-order valence-corrected chi connectivity index (χ0v) is 9.66. The van der Waals surface area contributed by atoms with Gasteiger partial charge in [0, 0.05) is 11.8 Å². The molecule has 1 aromatic heterocycles. The van der Waals surface area contributed by atoms with Gasteiger partial charge in [-0.1, -0.05) is 41.9 Å². The van der Waals surface area contributed by atoms with Crippen LogP contribution < -0.4 is 0 Å². The zero-order chi connectivity index (χ0) is 11.5. The molecule has 1 heterocycles. The molecule has 0 bridgehead atoms. The fraction of sp³-hybridized carbons (Fsp3) is 0. The molecule has 0 fully saturated rings. The highest BCUT2D eigenvalue weighted by atomic mass is 35.5. The molecule has 2 rings (SSSR count). The van der Waals surface area contributed by atoms with Gasteiger partial charge in [0.25, 0.3) is 5.24 Å². The average Bonchev–Trinajstić information content (AvgIpc) is 2.30. The highest BCUT2D eigenvalue weighted by molar-refractivity contribution is 6.67. The van der Waals surface area contributed by atoms with Crippen LogP contribution in [-0.4, -0.2) is 10.2 Å². The number of halogens is 2. The van der Waals surface area contributed by atoms with Crippen molar-refractivity contribution in [3.05, 3.63) is 53.3 Å². The fourth-order valence-electron chi connectivity index (χ4n) is 1.37. The van der Waals surface area contributed by atoms with Crippen LogP contribution in [-0.2, 0) is 0 Å². The molecule has 0 aliphatic carbocycles. The van der Waals surface area contributed by atoms with Crippen LogP contribution in [0.1, 0.15) is 10.5 Å². The number of rotatable bonds is 2. The lowest BCUT2D eigenvalue weighted by atomic mass is 10.1. The van der Waals surface area contributed by atoms with E-state index in [0.29, 0.717) is 5.02 Å². The van der Waals surface area contributed by atoms with Gasteiger partial charge in [-0.15, -0.1) is 0 Å². The SMILES string of the molecule is O=C(Cl)c1cc(Cl)c(-c2ccccc2)cn1. The summed E-state index contributed by atoms with van der Waals surface area (Å²) in [5, 5.41) is -0.147. The number of carbonyl (C=O) groups excluding carboxylic acids is 1. The van der Waals surface area contributed by atoms with E-state index in [1.54, 1.807) is 6.20 Å². The van der Waals surface area contributed by atoms with Crippen LogP contribution in [0.5, 0.6) is 0 Å². The number of pyridine rings is 1. The summed E-state index contributed by atoms with van der Waals surface area (Å²) in [4.78, 5) is 14.8. The van der Waals surface area contributed by atoms with E-state index >= 15 is 0 Å². The fourth-order valence-corrected chi connectivity index (χ4v) is 1.73. The third-order valence-electron chi connectivity index (χ3n) is 2.14. The van der Waals surface area contributed by atoms with Crippen molar-refractivity contribution in [2.75, 3.05) is 0 Å². The number of aromatic nitrogens is 1. The molecule has 0 radical (unpaired) electrons. The molecule has 4 heteroatoms. The first-order valence-electron chi connectivity index (χ1n) is 4.59. The molecular formula is C12H7Cl2NO. The van der Waals surface area contributed by atoms with E-state index in [2.05, 4.69) is 4.98 Å². The molecule has 0 N–H and O–H groups in total. The van der Waals surface area contributed by atoms with Crippen LogP contribution in [0.2, 0.25) is 5.02 Å². The Morgan fingerprint density at radius 1 is 1.19 bits per heavy atom. The third kappa shape index (κ3) is 2.23. The predicted octanol–water partition coefficient (Wildman–Crippen LogP) is 3.78. The van der Waals surface area contributed by atoms with Crippen molar-refractivity contribution in [1.29, 1.82) is 0 Å². The van der Waals surface area contributed by atoms with Gasteiger partial charge >= 0.3 is 0 Å². The second-order valence-electron chi connectivity index (χ2n) is 3.19. The van der Waals surface area contributed by atoms with Gasteiger partial charge in [-0.3, -0.25) is 9.78 Å². The quantitative estimate of drug-likeness (QED) is 0.761. The lowest BCUT2D eigenvalue weighted by Gasteiger charge is -2.04. The summed E-state index contributed by atoms with van der Waals surface area (Å²) in [7, 11) is 0. The second-order valence-corrected chi connectivity index (χ2v) is 3.94. The highest BCUT2D eigenvalue weighted by Crippen LogP contribution is 2.27. The summed E-state index contributed by atoms with van der Waals surface area (Å²) in [6, 6.07) is 11.1. The molecular weight excluding hydrogens is 245 g/mol. The van der Waals surface area contributed by atoms with Gasteiger partial charge in [0.2, 0.25) is 0 Å². The first-order valence-corrected chi connectivity index (χ1v) is 5.35. The van der Waals surface area contributed by atoms with Gasteiger partial charge in [-0.2, -0.15) is 0 Å². The summed E-state index contributed by atoms with van der Waals surface area (Å²) >= 11 is 11.4. The monoisotopic (exact) mass is 251 g/mol. The molecule has 0 saturated carbocycles. The maximum absolute atomic E-state index is 10.9. The number of carbonyl (C=O) groups is 1. The summed E-state index contributed by atoms with van der Waals surface area (Å²) in [6.07, 6.45) is 1.55. The third-order valence-corrected chi connectivity index (χ3v) is 2.65. The normalized spacial score (nSPS) is 10.1. The van der Waals surface area contributed by atoms with E-state index in [-0.39, 0.29) is 5.69 Å². The van der Waals surface area contributed by atoms with E-state index < -0.39 is 5.24 Å². The van der Waals surface area contributed by atoms with Gasteiger partial charge in [0.15, 0.2) is 0 Å². The number of benzene rings is 1. The maximum Gasteiger partial charge on any atom is 0.270 e. The highest BCUT2D eigenvalue weighted by Gasteiger charge is 2.08. The summed E-state index contributed by atoms with van der Waals surface area (Å²) in [6.45, 7) is 0. The van der Waals surface area contributed by atoms with Crippen molar-refractivity contribution in [2.45, 2.75) is 0 Å². The first kappa shape index (κ1) is 11.1. The van der Waals surface area contributed by atoms with Crippen molar-refractivity contribution in [2.24, 2.45) is 0 Å². The van der Waals surface area contributed by atoms with Crippen LogP contribution >= 0.6 is 23.2 Å². The number of hydrogen-bond acceptors (Lipinski definition) is 2. The Morgan fingerprint density at radius 2 is 1.88 bits per heavy atom.